The fraction of sp³-hybridized carbons (Fsp3) is 0.462. The number of nitrogens with zero attached hydrogens (tertiary/aromatic N) is 2. The monoisotopic (exact) mass is 279 g/mol. The molecule has 1 aliphatic rings. The molecule has 1 saturated heterocycles. The highest BCUT2D eigenvalue weighted by Gasteiger charge is 2.23. The van der Waals surface area contributed by atoms with Gasteiger partial charge < -0.3 is 20.4 Å². The lowest BCUT2D eigenvalue weighted by molar-refractivity contribution is 0.0691. The molecule has 0 saturated carbocycles. The van der Waals surface area contributed by atoms with Crippen LogP contribution >= 0.6 is 0 Å². The molecule has 2 rings (SSSR count). The molecule has 108 valence electrons. The maximum atomic E-state index is 12.1. The third-order valence-electron chi connectivity index (χ3n) is 3.41. The number of piperidine rings is 1. The van der Waals surface area contributed by atoms with E-state index in [4.69, 9.17) is 10.2 Å². The molecule has 0 aliphatic carbocycles. The average Bonchev–Trinajstić information content (AvgIpc) is 2.47. The molecular formula is C13H17N3O4. The number of pyridine rings is 1. The molecule has 0 bridgehead atoms. The average molecular weight is 279 g/mol. The Bertz CT molecular complexity index is 498. The van der Waals surface area contributed by atoms with Crippen molar-refractivity contribution in [1.82, 2.24) is 9.88 Å². The molecule has 1 aliphatic heterocycles. The minimum absolute atomic E-state index is 0.140. The molecule has 0 atom stereocenters. The smallest absolute Gasteiger partial charge is 0.356 e. The van der Waals surface area contributed by atoms with Crippen LogP contribution in [0.1, 0.15) is 23.3 Å². The molecule has 0 radical (unpaired) electrons. The summed E-state index contributed by atoms with van der Waals surface area (Å²) in [5.74, 6) is -0.938. The second-order valence-corrected chi connectivity index (χ2v) is 4.75. The largest absolute Gasteiger partial charge is 0.476 e. The molecule has 1 fully saturated rings. The third kappa shape index (κ3) is 3.24. The Hall–Kier alpha value is -2.15. The van der Waals surface area contributed by atoms with E-state index in [1.165, 1.54) is 12.3 Å². The van der Waals surface area contributed by atoms with Gasteiger partial charge in [-0.2, -0.15) is 0 Å². The number of likely N-dealkylation sites (tertiary alicyclic amines) is 1. The summed E-state index contributed by atoms with van der Waals surface area (Å²) in [6.45, 7) is 1.25. The molecule has 0 spiro atoms. The van der Waals surface area contributed by atoms with Gasteiger partial charge in [-0.3, -0.25) is 0 Å². The van der Waals surface area contributed by atoms with Crippen LogP contribution < -0.4 is 5.32 Å². The molecule has 0 aromatic carbocycles. The van der Waals surface area contributed by atoms with Gasteiger partial charge in [-0.15, -0.1) is 0 Å². The van der Waals surface area contributed by atoms with Crippen molar-refractivity contribution in [3.8, 4) is 0 Å². The summed E-state index contributed by atoms with van der Waals surface area (Å²) in [7, 11) is 0. The highest BCUT2D eigenvalue weighted by molar-refractivity contribution is 5.98. The van der Waals surface area contributed by atoms with Crippen molar-refractivity contribution in [3.63, 3.8) is 0 Å². The van der Waals surface area contributed by atoms with Gasteiger partial charge in [0.1, 0.15) is 0 Å². The summed E-state index contributed by atoms with van der Waals surface area (Å²) in [6, 6.07) is 2.74. The third-order valence-corrected chi connectivity index (χ3v) is 3.41. The number of hydrogen-bond donors (Lipinski definition) is 3. The molecule has 2 amide bonds. The van der Waals surface area contributed by atoms with E-state index in [-0.39, 0.29) is 29.9 Å². The van der Waals surface area contributed by atoms with Crippen LogP contribution in [0.15, 0.2) is 18.3 Å². The SMILES string of the molecule is O=C(O)c1ncccc1NC(=O)N1CCC(CO)CC1. The van der Waals surface area contributed by atoms with Crippen molar-refractivity contribution in [2.24, 2.45) is 5.92 Å². The number of aliphatic hydroxyl groups excluding tert-OH is 1. The van der Waals surface area contributed by atoms with Gasteiger partial charge in [0.15, 0.2) is 5.69 Å². The molecule has 0 unspecified atom stereocenters. The van der Waals surface area contributed by atoms with Crippen molar-refractivity contribution in [1.29, 1.82) is 0 Å². The highest BCUT2D eigenvalue weighted by atomic mass is 16.4. The normalized spacial score (nSPS) is 15.9. The minimum Gasteiger partial charge on any atom is -0.476 e. The molecule has 2 heterocycles. The number of hydrogen-bond acceptors (Lipinski definition) is 4. The fourth-order valence-corrected chi connectivity index (χ4v) is 2.19. The Labute approximate surface area is 116 Å². The van der Waals surface area contributed by atoms with Gasteiger partial charge in [0, 0.05) is 25.9 Å². The van der Waals surface area contributed by atoms with Crippen molar-refractivity contribution in [3.05, 3.63) is 24.0 Å². The first-order chi connectivity index (χ1) is 9.61. The van der Waals surface area contributed by atoms with Crippen molar-refractivity contribution < 1.29 is 19.8 Å². The maximum Gasteiger partial charge on any atom is 0.356 e. The number of amides is 2. The number of aliphatic hydroxyl groups is 1. The molecule has 1 aromatic rings. The summed E-state index contributed by atoms with van der Waals surface area (Å²) in [5.41, 5.74) is 0.0142. The lowest BCUT2D eigenvalue weighted by Gasteiger charge is -2.31. The second kappa shape index (κ2) is 6.33. The second-order valence-electron chi connectivity index (χ2n) is 4.75. The predicted octanol–water partition coefficient (Wildman–Crippen LogP) is 1.02. The first kappa shape index (κ1) is 14.3. The molecule has 3 N–H and O–H groups in total. The number of carboxylic acid groups (broad SMARTS) is 1. The zero-order valence-corrected chi connectivity index (χ0v) is 11.0. The number of carboxylic acids is 1. The van der Waals surface area contributed by atoms with Crippen molar-refractivity contribution in [2.75, 3.05) is 25.0 Å². The predicted molar refractivity (Wildman–Crippen MR) is 71.6 cm³/mol. The molecule has 20 heavy (non-hydrogen) atoms. The summed E-state index contributed by atoms with van der Waals surface area (Å²) in [6.07, 6.45) is 2.87. The van der Waals surface area contributed by atoms with E-state index in [9.17, 15) is 9.59 Å². The Morgan fingerprint density at radius 1 is 1.40 bits per heavy atom. The van der Waals surface area contributed by atoms with Gasteiger partial charge in [-0.1, -0.05) is 0 Å². The van der Waals surface area contributed by atoms with Gasteiger partial charge in [0.2, 0.25) is 0 Å². The van der Waals surface area contributed by atoms with E-state index in [0.29, 0.717) is 13.1 Å². The quantitative estimate of drug-likeness (QED) is 0.766. The number of aromatic carboxylic acids is 1. The maximum absolute atomic E-state index is 12.1. The molecule has 1 aromatic heterocycles. The van der Waals surface area contributed by atoms with Crippen molar-refractivity contribution >= 4 is 17.7 Å². The summed E-state index contributed by atoms with van der Waals surface area (Å²) < 4.78 is 0. The molecule has 7 heteroatoms. The van der Waals surface area contributed by atoms with E-state index in [1.54, 1.807) is 11.0 Å². The zero-order valence-electron chi connectivity index (χ0n) is 11.0. The molecule has 7 nitrogen and oxygen atoms in total. The van der Waals surface area contributed by atoms with E-state index in [2.05, 4.69) is 10.3 Å². The number of urea groups is 1. The Morgan fingerprint density at radius 2 is 2.10 bits per heavy atom. The van der Waals surface area contributed by atoms with Crippen LogP contribution in [0.25, 0.3) is 0 Å². The summed E-state index contributed by atoms with van der Waals surface area (Å²) in [5, 5.41) is 20.6. The lowest BCUT2D eigenvalue weighted by Crippen LogP contribution is -2.41. The van der Waals surface area contributed by atoms with Crippen LogP contribution in [0.3, 0.4) is 0 Å². The highest BCUT2D eigenvalue weighted by Crippen LogP contribution is 2.18. The van der Waals surface area contributed by atoms with Gasteiger partial charge >= 0.3 is 12.0 Å². The lowest BCUT2D eigenvalue weighted by atomic mass is 9.98. The topological polar surface area (TPSA) is 103 Å². The summed E-state index contributed by atoms with van der Waals surface area (Å²) in [4.78, 5) is 28.4. The van der Waals surface area contributed by atoms with E-state index in [0.717, 1.165) is 12.8 Å². The van der Waals surface area contributed by atoms with Crippen LogP contribution in [0.5, 0.6) is 0 Å². The van der Waals surface area contributed by atoms with E-state index < -0.39 is 5.97 Å². The first-order valence-corrected chi connectivity index (χ1v) is 6.47. The van der Waals surface area contributed by atoms with E-state index in [1.807, 2.05) is 0 Å². The van der Waals surface area contributed by atoms with Crippen LogP contribution in [0.4, 0.5) is 10.5 Å². The zero-order chi connectivity index (χ0) is 14.5. The Kier molecular flexibility index (Phi) is 4.52. The van der Waals surface area contributed by atoms with Crippen molar-refractivity contribution in [2.45, 2.75) is 12.8 Å². The van der Waals surface area contributed by atoms with Gasteiger partial charge in [-0.25, -0.2) is 14.6 Å². The van der Waals surface area contributed by atoms with Crippen LogP contribution in [-0.4, -0.2) is 51.8 Å². The van der Waals surface area contributed by atoms with Crippen LogP contribution in [0, 0.1) is 5.92 Å². The molecular weight excluding hydrogens is 262 g/mol. The first-order valence-electron chi connectivity index (χ1n) is 6.47. The Balaban J connectivity index is 2.00. The fourth-order valence-electron chi connectivity index (χ4n) is 2.19. The standard InChI is InChI=1S/C13H17N3O4/c17-8-9-3-6-16(7-4-9)13(20)15-10-2-1-5-14-11(10)12(18)19/h1-2,5,9,17H,3-4,6-8H2,(H,15,20)(H,18,19). The van der Waals surface area contributed by atoms with E-state index >= 15 is 0 Å². The van der Waals surface area contributed by atoms with Crippen LogP contribution in [-0.2, 0) is 0 Å². The number of carbonyl (C=O) groups excluding carboxylic acids is 1. The minimum atomic E-state index is -1.18. The summed E-state index contributed by atoms with van der Waals surface area (Å²) >= 11 is 0. The van der Waals surface area contributed by atoms with Gasteiger partial charge in [0.25, 0.3) is 0 Å². The number of carbonyl (C=O) groups is 2. The van der Waals surface area contributed by atoms with Gasteiger partial charge in [0.05, 0.1) is 5.69 Å². The van der Waals surface area contributed by atoms with Gasteiger partial charge in [-0.05, 0) is 30.9 Å². The number of anilines is 1. The Morgan fingerprint density at radius 3 is 2.70 bits per heavy atom. The number of aromatic nitrogens is 1. The number of rotatable bonds is 3. The number of nitrogens with one attached hydrogen (secondary N) is 1. The van der Waals surface area contributed by atoms with Crippen LogP contribution in [0.2, 0.25) is 0 Å².